The minimum Gasteiger partial charge on any atom is -0.381 e. The van der Waals surface area contributed by atoms with E-state index in [-0.39, 0.29) is 36.6 Å². The Hall–Kier alpha value is -0.0700. The minimum atomic E-state index is -0.0398. The molecule has 2 fully saturated rings. The normalized spacial score (nSPS) is 22.1. The van der Waals surface area contributed by atoms with Gasteiger partial charge in [-0.15, -0.1) is 24.8 Å². The quantitative estimate of drug-likeness (QED) is 0.828. The van der Waals surface area contributed by atoms with Crippen molar-refractivity contribution in [2.45, 2.75) is 19.8 Å². The SMILES string of the molecule is CC(CN)C(=O)N1CCN(CC2CCOCC2)CC1.Cl.Cl. The molecule has 0 saturated carbocycles. The summed E-state index contributed by atoms with van der Waals surface area (Å²) < 4.78 is 5.39. The van der Waals surface area contributed by atoms with E-state index in [1.807, 2.05) is 11.8 Å². The zero-order valence-corrected chi connectivity index (χ0v) is 14.5. The molecule has 1 amide bonds. The predicted molar refractivity (Wildman–Crippen MR) is 89.3 cm³/mol. The first-order valence-electron chi connectivity index (χ1n) is 7.49. The van der Waals surface area contributed by atoms with Crippen molar-refractivity contribution >= 4 is 30.7 Å². The van der Waals surface area contributed by atoms with Crippen molar-refractivity contribution in [2.24, 2.45) is 17.6 Å². The van der Waals surface area contributed by atoms with Gasteiger partial charge in [-0.05, 0) is 18.8 Å². The Labute approximate surface area is 140 Å². The Morgan fingerprint density at radius 1 is 1.19 bits per heavy atom. The molecule has 0 aliphatic carbocycles. The fourth-order valence-corrected chi connectivity index (χ4v) is 2.86. The number of nitrogens with zero attached hydrogens (tertiary/aromatic N) is 2. The van der Waals surface area contributed by atoms with Crippen LogP contribution < -0.4 is 5.73 Å². The van der Waals surface area contributed by atoms with Crippen molar-refractivity contribution in [3.63, 3.8) is 0 Å². The highest BCUT2D eigenvalue weighted by atomic mass is 35.5. The predicted octanol–water partition coefficient (Wildman–Crippen LogP) is 0.996. The van der Waals surface area contributed by atoms with Crippen LogP contribution in [0.5, 0.6) is 0 Å². The van der Waals surface area contributed by atoms with Crippen molar-refractivity contribution in [1.29, 1.82) is 0 Å². The van der Waals surface area contributed by atoms with Crippen LogP contribution in [0.15, 0.2) is 0 Å². The molecule has 0 aromatic heterocycles. The van der Waals surface area contributed by atoms with Crippen LogP contribution >= 0.6 is 24.8 Å². The van der Waals surface area contributed by atoms with Crippen molar-refractivity contribution in [1.82, 2.24) is 9.80 Å². The summed E-state index contributed by atoms with van der Waals surface area (Å²) in [6.45, 7) is 9.06. The second kappa shape index (κ2) is 10.6. The average molecular weight is 342 g/mol. The van der Waals surface area contributed by atoms with Gasteiger partial charge in [0.05, 0.1) is 0 Å². The number of piperazine rings is 1. The van der Waals surface area contributed by atoms with Crippen LogP contribution in [0.2, 0.25) is 0 Å². The maximum Gasteiger partial charge on any atom is 0.226 e. The van der Waals surface area contributed by atoms with Gasteiger partial charge in [-0.1, -0.05) is 6.92 Å². The van der Waals surface area contributed by atoms with Crippen molar-refractivity contribution in [3.8, 4) is 0 Å². The maximum atomic E-state index is 12.0. The smallest absolute Gasteiger partial charge is 0.226 e. The molecular formula is C14H29Cl2N3O2. The molecule has 5 nitrogen and oxygen atoms in total. The molecule has 2 N–H and O–H groups in total. The Balaban J connectivity index is 0.00000200. The summed E-state index contributed by atoms with van der Waals surface area (Å²) in [5, 5.41) is 0. The maximum absolute atomic E-state index is 12.0. The van der Waals surface area contributed by atoms with Gasteiger partial charge in [-0.25, -0.2) is 0 Å². The molecule has 0 bridgehead atoms. The van der Waals surface area contributed by atoms with E-state index in [2.05, 4.69) is 4.90 Å². The van der Waals surface area contributed by atoms with Crippen LogP contribution in [-0.2, 0) is 9.53 Å². The monoisotopic (exact) mass is 341 g/mol. The van der Waals surface area contributed by atoms with Gasteiger partial charge < -0.3 is 15.4 Å². The van der Waals surface area contributed by atoms with E-state index in [1.54, 1.807) is 0 Å². The third-order valence-electron chi connectivity index (χ3n) is 4.32. The molecule has 2 rings (SSSR count). The lowest BCUT2D eigenvalue weighted by Crippen LogP contribution is -2.51. The number of halogens is 2. The van der Waals surface area contributed by atoms with E-state index in [4.69, 9.17) is 10.5 Å². The standard InChI is InChI=1S/C14H27N3O2.2ClH/c1-12(10-15)14(18)17-6-4-16(5-7-17)11-13-2-8-19-9-3-13;;/h12-13H,2-11,15H2,1H3;2*1H. The number of nitrogens with two attached hydrogens (primary N) is 1. The summed E-state index contributed by atoms with van der Waals surface area (Å²) in [5.74, 6) is 0.953. The Morgan fingerprint density at radius 2 is 1.76 bits per heavy atom. The van der Waals surface area contributed by atoms with Gasteiger partial charge in [0, 0.05) is 58.4 Å². The van der Waals surface area contributed by atoms with Gasteiger partial charge in [0.1, 0.15) is 0 Å². The van der Waals surface area contributed by atoms with Crippen LogP contribution in [0.25, 0.3) is 0 Å². The molecule has 2 saturated heterocycles. The minimum absolute atomic E-state index is 0. The van der Waals surface area contributed by atoms with Gasteiger partial charge in [-0.3, -0.25) is 9.69 Å². The molecule has 2 aliphatic heterocycles. The molecule has 1 unspecified atom stereocenters. The number of carbonyl (C=O) groups excluding carboxylic acids is 1. The largest absolute Gasteiger partial charge is 0.381 e. The highest BCUT2D eigenvalue weighted by molar-refractivity contribution is 5.85. The summed E-state index contributed by atoms with van der Waals surface area (Å²) in [7, 11) is 0. The summed E-state index contributed by atoms with van der Waals surface area (Å²) in [5.41, 5.74) is 5.56. The molecule has 1 atom stereocenters. The van der Waals surface area contributed by atoms with Gasteiger partial charge in [-0.2, -0.15) is 0 Å². The van der Waals surface area contributed by atoms with Gasteiger partial charge in [0.2, 0.25) is 5.91 Å². The van der Waals surface area contributed by atoms with E-state index in [0.717, 1.165) is 51.9 Å². The molecule has 0 spiro atoms. The second-order valence-electron chi connectivity index (χ2n) is 5.82. The lowest BCUT2D eigenvalue weighted by atomic mass is 9.99. The molecular weight excluding hydrogens is 313 g/mol. The van der Waals surface area contributed by atoms with Crippen LogP contribution in [0.4, 0.5) is 0 Å². The first-order chi connectivity index (χ1) is 9.20. The highest BCUT2D eigenvalue weighted by Gasteiger charge is 2.25. The van der Waals surface area contributed by atoms with Crippen molar-refractivity contribution in [2.75, 3.05) is 52.5 Å². The van der Waals surface area contributed by atoms with Crippen molar-refractivity contribution < 1.29 is 9.53 Å². The molecule has 2 heterocycles. The number of hydrogen-bond donors (Lipinski definition) is 1. The van der Waals surface area contributed by atoms with Crippen LogP contribution in [0.1, 0.15) is 19.8 Å². The van der Waals surface area contributed by atoms with Gasteiger partial charge in [0.25, 0.3) is 0 Å². The number of ether oxygens (including phenoxy) is 1. The van der Waals surface area contributed by atoms with E-state index >= 15 is 0 Å². The summed E-state index contributed by atoms with van der Waals surface area (Å²) in [6, 6.07) is 0. The molecule has 7 heteroatoms. The van der Waals surface area contributed by atoms with E-state index in [0.29, 0.717) is 6.54 Å². The van der Waals surface area contributed by atoms with Gasteiger partial charge in [0.15, 0.2) is 0 Å². The van der Waals surface area contributed by atoms with Gasteiger partial charge >= 0.3 is 0 Å². The van der Waals surface area contributed by atoms with Crippen LogP contribution in [0, 0.1) is 11.8 Å². The fraction of sp³-hybridized carbons (Fsp3) is 0.929. The summed E-state index contributed by atoms with van der Waals surface area (Å²) in [6.07, 6.45) is 2.37. The van der Waals surface area contributed by atoms with E-state index < -0.39 is 0 Å². The van der Waals surface area contributed by atoms with E-state index in [9.17, 15) is 4.79 Å². The number of hydrogen-bond acceptors (Lipinski definition) is 4. The molecule has 0 aromatic rings. The Bertz CT molecular complexity index is 294. The second-order valence-corrected chi connectivity index (χ2v) is 5.82. The van der Waals surface area contributed by atoms with Crippen LogP contribution in [0.3, 0.4) is 0 Å². The topological polar surface area (TPSA) is 58.8 Å². The third kappa shape index (κ3) is 6.28. The molecule has 2 aliphatic rings. The summed E-state index contributed by atoms with van der Waals surface area (Å²) >= 11 is 0. The third-order valence-corrected chi connectivity index (χ3v) is 4.32. The highest BCUT2D eigenvalue weighted by Crippen LogP contribution is 2.17. The molecule has 0 radical (unpaired) electrons. The lowest BCUT2D eigenvalue weighted by molar-refractivity contribution is -0.136. The number of amides is 1. The van der Waals surface area contributed by atoms with Crippen LogP contribution in [-0.4, -0.2) is 68.2 Å². The summed E-state index contributed by atoms with van der Waals surface area (Å²) in [4.78, 5) is 16.5. The zero-order chi connectivity index (χ0) is 13.7. The number of carbonyl (C=O) groups is 1. The molecule has 126 valence electrons. The zero-order valence-electron chi connectivity index (χ0n) is 12.8. The van der Waals surface area contributed by atoms with Crippen molar-refractivity contribution in [3.05, 3.63) is 0 Å². The first-order valence-corrected chi connectivity index (χ1v) is 7.49. The Kier molecular flexibility index (Phi) is 10.6. The molecule has 0 aromatic carbocycles. The van der Waals surface area contributed by atoms with E-state index in [1.165, 1.54) is 12.8 Å². The first kappa shape index (κ1) is 20.9. The molecule has 21 heavy (non-hydrogen) atoms. The average Bonchev–Trinajstić information content (AvgIpc) is 2.47. The number of rotatable bonds is 4. The fourth-order valence-electron chi connectivity index (χ4n) is 2.86. The lowest BCUT2D eigenvalue weighted by Gasteiger charge is -2.38. The Morgan fingerprint density at radius 3 is 2.29 bits per heavy atom.